The molecule has 1 heterocycles. The number of rotatable bonds is 7. The first-order chi connectivity index (χ1) is 18.1. The van der Waals surface area contributed by atoms with Gasteiger partial charge in [-0.3, -0.25) is 14.9 Å². The Bertz CT molecular complexity index is 1350. The highest BCUT2D eigenvalue weighted by molar-refractivity contribution is 6.04. The molecule has 0 radical (unpaired) electrons. The summed E-state index contributed by atoms with van der Waals surface area (Å²) in [4.78, 5) is 26.2. The number of nitro benzene ring substituents is 1. The van der Waals surface area contributed by atoms with E-state index in [4.69, 9.17) is 4.74 Å². The first kappa shape index (κ1) is 26.6. The van der Waals surface area contributed by atoms with Gasteiger partial charge in [0, 0.05) is 49.2 Å². The van der Waals surface area contributed by atoms with Crippen molar-refractivity contribution in [2.75, 3.05) is 47.9 Å². The second-order valence-corrected chi connectivity index (χ2v) is 8.27. The largest absolute Gasteiger partial charge is 0.487 e. The van der Waals surface area contributed by atoms with Gasteiger partial charge >= 0.3 is 5.69 Å². The Labute approximate surface area is 213 Å². The van der Waals surface area contributed by atoms with Crippen LogP contribution in [0.1, 0.15) is 17.3 Å². The molecule has 0 bridgehead atoms. The Kier molecular flexibility index (Phi) is 7.65. The third-order valence-electron chi connectivity index (χ3n) is 5.99. The van der Waals surface area contributed by atoms with Gasteiger partial charge in [0.15, 0.2) is 29.0 Å². The van der Waals surface area contributed by atoms with Crippen LogP contribution < -0.4 is 19.9 Å². The van der Waals surface area contributed by atoms with E-state index in [1.54, 1.807) is 31.2 Å². The molecule has 1 N–H and O–H groups in total. The Morgan fingerprint density at radius 2 is 1.45 bits per heavy atom. The van der Waals surface area contributed by atoms with E-state index < -0.39 is 45.6 Å². The number of anilines is 3. The second kappa shape index (κ2) is 10.9. The SMILES string of the molecule is CCOc1ccc(C(=O)Nc2ccc(N3CCN(c4c(F)c(F)c(F)c(F)c4F)CC3)cc2)cc1[N+](=O)[O-]. The number of nitro groups is 1. The predicted molar refractivity (Wildman–Crippen MR) is 129 cm³/mol. The first-order valence-electron chi connectivity index (χ1n) is 11.5. The lowest BCUT2D eigenvalue weighted by molar-refractivity contribution is -0.385. The van der Waals surface area contributed by atoms with Gasteiger partial charge in [-0.2, -0.15) is 0 Å². The molecule has 0 aromatic heterocycles. The molecule has 3 aromatic carbocycles. The molecule has 4 rings (SSSR count). The molecular formula is C25H21F5N4O4. The third-order valence-corrected chi connectivity index (χ3v) is 5.99. The summed E-state index contributed by atoms with van der Waals surface area (Å²) in [6.45, 7) is 2.40. The Balaban J connectivity index is 1.41. The van der Waals surface area contributed by atoms with E-state index >= 15 is 0 Å². The van der Waals surface area contributed by atoms with Crippen LogP contribution in [0.3, 0.4) is 0 Å². The number of halogens is 5. The number of hydrogen-bond donors (Lipinski definition) is 1. The number of piperazine rings is 1. The molecule has 8 nitrogen and oxygen atoms in total. The summed E-state index contributed by atoms with van der Waals surface area (Å²) in [5, 5.41) is 13.9. The van der Waals surface area contributed by atoms with Gasteiger partial charge in [-0.05, 0) is 43.3 Å². The van der Waals surface area contributed by atoms with E-state index in [2.05, 4.69) is 5.32 Å². The molecule has 1 aliphatic heterocycles. The number of nitrogens with one attached hydrogen (secondary N) is 1. The fourth-order valence-electron chi connectivity index (χ4n) is 4.10. The highest BCUT2D eigenvalue weighted by atomic mass is 19.2. The summed E-state index contributed by atoms with van der Waals surface area (Å²) in [7, 11) is 0. The molecule has 0 atom stereocenters. The lowest BCUT2D eigenvalue weighted by Crippen LogP contribution is -2.47. The summed E-state index contributed by atoms with van der Waals surface area (Å²) in [5.74, 6) is -10.4. The van der Waals surface area contributed by atoms with Crippen LogP contribution in [-0.4, -0.2) is 43.6 Å². The van der Waals surface area contributed by atoms with Gasteiger partial charge in [-0.25, -0.2) is 22.0 Å². The van der Waals surface area contributed by atoms with Gasteiger partial charge in [0.05, 0.1) is 11.5 Å². The van der Waals surface area contributed by atoms with Crippen LogP contribution in [0.15, 0.2) is 42.5 Å². The van der Waals surface area contributed by atoms with Crippen LogP contribution in [-0.2, 0) is 0 Å². The maximum Gasteiger partial charge on any atom is 0.311 e. The van der Waals surface area contributed by atoms with Crippen molar-refractivity contribution >= 4 is 28.7 Å². The highest BCUT2D eigenvalue weighted by Crippen LogP contribution is 2.32. The maximum absolute atomic E-state index is 14.1. The van der Waals surface area contributed by atoms with E-state index in [1.165, 1.54) is 12.1 Å². The topological polar surface area (TPSA) is 88.0 Å². The number of carbonyl (C=O) groups is 1. The average molecular weight is 536 g/mol. The number of ether oxygens (including phenoxy) is 1. The summed E-state index contributed by atoms with van der Waals surface area (Å²) < 4.78 is 74.0. The molecule has 1 saturated heterocycles. The van der Waals surface area contributed by atoms with Gasteiger partial charge in [0.25, 0.3) is 5.91 Å². The zero-order valence-corrected chi connectivity index (χ0v) is 19.9. The lowest BCUT2D eigenvalue weighted by Gasteiger charge is -2.37. The Hall–Kier alpha value is -4.42. The van der Waals surface area contributed by atoms with Crippen molar-refractivity contribution in [3.8, 4) is 5.75 Å². The van der Waals surface area contributed by atoms with Crippen LogP contribution in [0.4, 0.5) is 44.7 Å². The van der Waals surface area contributed by atoms with E-state index in [0.29, 0.717) is 11.4 Å². The highest BCUT2D eigenvalue weighted by Gasteiger charge is 2.30. The average Bonchev–Trinajstić information content (AvgIpc) is 2.92. The summed E-state index contributed by atoms with van der Waals surface area (Å²) in [6, 6.07) is 10.5. The monoisotopic (exact) mass is 536 g/mol. The lowest BCUT2D eigenvalue weighted by atomic mass is 10.1. The fraction of sp³-hybridized carbons (Fsp3) is 0.240. The molecule has 1 aliphatic rings. The number of carbonyl (C=O) groups excluding carboxylic acids is 1. The molecule has 13 heteroatoms. The first-order valence-corrected chi connectivity index (χ1v) is 11.5. The normalized spacial score (nSPS) is 13.4. The van der Waals surface area contributed by atoms with Gasteiger partial charge in [-0.1, -0.05) is 0 Å². The molecule has 200 valence electrons. The smallest absolute Gasteiger partial charge is 0.311 e. The van der Waals surface area contributed by atoms with Crippen molar-refractivity contribution in [1.82, 2.24) is 0 Å². The molecule has 0 unspecified atom stereocenters. The second-order valence-electron chi connectivity index (χ2n) is 8.27. The molecule has 1 amide bonds. The van der Waals surface area contributed by atoms with E-state index in [-0.39, 0.29) is 49.8 Å². The van der Waals surface area contributed by atoms with Gasteiger partial charge in [0.2, 0.25) is 5.82 Å². The predicted octanol–water partition coefficient (Wildman–Crippen LogP) is 5.27. The summed E-state index contributed by atoms with van der Waals surface area (Å²) in [6.07, 6.45) is 0. The van der Waals surface area contributed by atoms with Crippen molar-refractivity contribution < 1.29 is 36.4 Å². The third kappa shape index (κ3) is 5.17. The van der Waals surface area contributed by atoms with Crippen LogP contribution in [0, 0.1) is 39.2 Å². The fourth-order valence-corrected chi connectivity index (χ4v) is 4.10. The molecule has 3 aromatic rings. The van der Waals surface area contributed by atoms with E-state index in [0.717, 1.165) is 11.0 Å². The van der Waals surface area contributed by atoms with Crippen molar-refractivity contribution in [2.24, 2.45) is 0 Å². The van der Waals surface area contributed by atoms with Gasteiger partial charge < -0.3 is 19.9 Å². The minimum absolute atomic E-state index is 0.00730. The van der Waals surface area contributed by atoms with Crippen molar-refractivity contribution in [3.05, 3.63) is 87.2 Å². The summed E-state index contributed by atoms with van der Waals surface area (Å²) in [5.41, 5.74) is -0.103. The quantitative estimate of drug-likeness (QED) is 0.146. The summed E-state index contributed by atoms with van der Waals surface area (Å²) >= 11 is 0. The molecule has 0 saturated carbocycles. The van der Waals surface area contributed by atoms with Crippen molar-refractivity contribution in [3.63, 3.8) is 0 Å². The van der Waals surface area contributed by atoms with Gasteiger partial charge in [-0.15, -0.1) is 0 Å². The number of benzene rings is 3. The van der Waals surface area contributed by atoms with Crippen LogP contribution in [0.5, 0.6) is 5.75 Å². The zero-order chi connectivity index (χ0) is 27.6. The van der Waals surface area contributed by atoms with E-state index in [1.807, 2.05) is 4.90 Å². The number of nitrogens with zero attached hydrogens (tertiary/aromatic N) is 3. The Morgan fingerprint density at radius 1 is 0.895 bits per heavy atom. The molecule has 0 spiro atoms. The minimum Gasteiger partial charge on any atom is -0.487 e. The molecule has 1 fully saturated rings. The van der Waals surface area contributed by atoms with Crippen LogP contribution >= 0.6 is 0 Å². The molecule has 0 aliphatic carbocycles. The molecule has 38 heavy (non-hydrogen) atoms. The minimum atomic E-state index is -2.20. The molecular weight excluding hydrogens is 515 g/mol. The van der Waals surface area contributed by atoms with Crippen molar-refractivity contribution in [1.29, 1.82) is 0 Å². The Morgan fingerprint density at radius 3 is 2.00 bits per heavy atom. The standard InChI is InChI=1S/C25H21F5N4O4/c1-2-38-18-8-3-14(13-17(18)34(36)37)25(35)31-15-4-6-16(7-5-15)32-9-11-33(12-10-32)24-22(29)20(27)19(26)21(28)23(24)30/h3-8,13H,2,9-12H2,1H3,(H,31,35). The van der Waals surface area contributed by atoms with Crippen molar-refractivity contribution in [2.45, 2.75) is 6.92 Å². The zero-order valence-electron chi connectivity index (χ0n) is 19.9. The number of hydrogen-bond acceptors (Lipinski definition) is 6. The van der Waals surface area contributed by atoms with Crippen LogP contribution in [0.25, 0.3) is 0 Å². The number of amides is 1. The van der Waals surface area contributed by atoms with E-state index in [9.17, 15) is 36.9 Å². The van der Waals surface area contributed by atoms with Gasteiger partial charge in [0.1, 0.15) is 5.69 Å². The maximum atomic E-state index is 14.1. The van der Waals surface area contributed by atoms with Crippen LogP contribution in [0.2, 0.25) is 0 Å².